The third kappa shape index (κ3) is 5.80. The Hall–Kier alpha value is -4.15. The minimum atomic E-state index is -3.59. The highest BCUT2D eigenvalue weighted by molar-refractivity contribution is 7.92. The fourth-order valence-corrected chi connectivity index (χ4v) is 4.03. The molecule has 0 unspecified atom stereocenters. The number of amides is 1. The van der Waals surface area contributed by atoms with Gasteiger partial charge in [-0.15, -0.1) is 10.2 Å². The van der Waals surface area contributed by atoms with Gasteiger partial charge in [0, 0.05) is 6.26 Å². The Bertz CT molecular complexity index is 1440. The molecule has 174 valence electrons. The zero-order valence-corrected chi connectivity index (χ0v) is 19.2. The topological polar surface area (TPSA) is 148 Å². The highest BCUT2D eigenvalue weighted by Crippen LogP contribution is 2.30. The Morgan fingerprint density at radius 1 is 1.18 bits per heavy atom. The Kier molecular flexibility index (Phi) is 7.34. The molecule has 1 aromatic heterocycles. The summed E-state index contributed by atoms with van der Waals surface area (Å²) in [6, 6.07) is 11.3. The van der Waals surface area contributed by atoms with Gasteiger partial charge in [0.05, 0.1) is 12.7 Å². The molecule has 3 aromatic rings. The molecule has 0 aliphatic rings. The highest BCUT2D eigenvalue weighted by atomic mass is 32.2. The lowest BCUT2D eigenvalue weighted by Crippen LogP contribution is -2.13. The number of carbonyl (C=O) groups excluding carboxylic acids is 2. The fraction of sp³-hybridized carbons (Fsp3) is 0.0952. The fourth-order valence-electron chi connectivity index (χ4n) is 2.53. The first kappa shape index (κ1) is 24.5. The predicted octanol–water partition coefficient (Wildman–Crippen LogP) is 2.85. The number of nitriles is 1. The number of nitrogens with zero attached hydrogens (tertiary/aromatic N) is 3. The van der Waals surface area contributed by atoms with Crippen LogP contribution in [0.5, 0.6) is 11.5 Å². The molecule has 0 saturated heterocycles. The molecule has 10 nitrogen and oxygen atoms in total. The zero-order chi connectivity index (χ0) is 24.9. The van der Waals surface area contributed by atoms with Crippen molar-refractivity contribution in [2.75, 3.05) is 18.7 Å². The average Bonchev–Trinajstić information content (AvgIpc) is 3.27. The van der Waals surface area contributed by atoms with Crippen molar-refractivity contribution >= 4 is 44.3 Å². The van der Waals surface area contributed by atoms with Gasteiger partial charge in [0.1, 0.15) is 17.5 Å². The maximum Gasteiger partial charge on any atom is 0.346 e. The number of benzene rings is 2. The second kappa shape index (κ2) is 10.2. The van der Waals surface area contributed by atoms with Gasteiger partial charge in [-0.1, -0.05) is 29.5 Å². The van der Waals surface area contributed by atoms with E-state index in [1.54, 1.807) is 6.07 Å². The summed E-state index contributed by atoms with van der Waals surface area (Å²) in [5, 5.41) is 18.6. The van der Waals surface area contributed by atoms with Crippen LogP contribution in [-0.2, 0) is 14.6 Å². The first-order chi connectivity index (χ1) is 16.1. The summed E-state index contributed by atoms with van der Waals surface area (Å²) in [6.45, 7) is 0. The molecule has 0 spiro atoms. The van der Waals surface area contributed by atoms with Gasteiger partial charge in [-0.05, 0) is 35.9 Å². The van der Waals surface area contributed by atoms with Gasteiger partial charge in [-0.2, -0.15) is 5.26 Å². The number of methoxy groups -OCH3 is 1. The van der Waals surface area contributed by atoms with E-state index in [2.05, 4.69) is 15.5 Å². The van der Waals surface area contributed by atoms with Gasteiger partial charge in [0.15, 0.2) is 11.5 Å². The summed E-state index contributed by atoms with van der Waals surface area (Å²) < 4.78 is 46.9. The minimum Gasteiger partial charge on any atom is -0.493 e. The number of esters is 1. The van der Waals surface area contributed by atoms with Crippen LogP contribution < -0.4 is 14.8 Å². The van der Waals surface area contributed by atoms with E-state index in [4.69, 9.17) is 9.47 Å². The number of hydrogen-bond donors (Lipinski definition) is 1. The molecule has 13 heteroatoms. The normalized spacial score (nSPS) is 11.4. The number of rotatable bonds is 7. The lowest BCUT2D eigenvalue weighted by Gasteiger charge is -2.10. The van der Waals surface area contributed by atoms with Crippen LogP contribution in [0.15, 0.2) is 52.4 Å². The van der Waals surface area contributed by atoms with E-state index in [1.165, 1.54) is 49.6 Å². The third-order valence-corrected chi connectivity index (χ3v) is 6.61. The average molecular weight is 503 g/mol. The lowest BCUT2D eigenvalue weighted by atomic mass is 10.1. The summed E-state index contributed by atoms with van der Waals surface area (Å²) in [7, 11) is -2.27. The van der Waals surface area contributed by atoms with E-state index >= 15 is 0 Å². The maximum atomic E-state index is 13.8. The second-order valence-corrected chi connectivity index (χ2v) is 9.72. The number of aromatic nitrogens is 2. The molecule has 0 bridgehead atoms. The van der Waals surface area contributed by atoms with Gasteiger partial charge in [0.2, 0.25) is 19.3 Å². The van der Waals surface area contributed by atoms with Crippen molar-refractivity contribution in [3.05, 3.63) is 65.0 Å². The van der Waals surface area contributed by atoms with E-state index in [0.717, 1.165) is 12.3 Å². The van der Waals surface area contributed by atoms with Crippen LogP contribution in [0.3, 0.4) is 0 Å². The molecule has 34 heavy (non-hydrogen) atoms. The number of ether oxygens (including phenoxy) is 2. The Labute approximate surface area is 197 Å². The van der Waals surface area contributed by atoms with Gasteiger partial charge in [-0.25, -0.2) is 17.6 Å². The van der Waals surface area contributed by atoms with Crippen molar-refractivity contribution in [1.82, 2.24) is 10.2 Å². The maximum absolute atomic E-state index is 13.8. The number of anilines is 1. The molecular weight excluding hydrogens is 487 g/mol. The van der Waals surface area contributed by atoms with Gasteiger partial charge in [-0.3, -0.25) is 10.1 Å². The first-order valence-corrected chi connectivity index (χ1v) is 11.9. The largest absolute Gasteiger partial charge is 0.493 e. The molecule has 0 atom stereocenters. The van der Waals surface area contributed by atoms with Crippen molar-refractivity contribution in [1.29, 1.82) is 5.26 Å². The molecule has 0 aliphatic heterocycles. The van der Waals surface area contributed by atoms with Crippen LogP contribution >= 0.6 is 11.3 Å². The Balaban J connectivity index is 1.80. The number of halogens is 1. The van der Waals surface area contributed by atoms with Crippen LogP contribution in [0.25, 0.3) is 6.08 Å². The third-order valence-electron chi connectivity index (χ3n) is 4.10. The van der Waals surface area contributed by atoms with Crippen LogP contribution in [0.4, 0.5) is 9.52 Å². The number of carbonyl (C=O) groups is 2. The molecular formula is C21H15FN4O6S2. The van der Waals surface area contributed by atoms with Crippen molar-refractivity contribution in [2.24, 2.45) is 0 Å². The van der Waals surface area contributed by atoms with Crippen LogP contribution in [0.2, 0.25) is 0 Å². The summed E-state index contributed by atoms with van der Waals surface area (Å²) >= 11 is 0.641. The van der Waals surface area contributed by atoms with Gasteiger partial charge < -0.3 is 9.47 Å². The zero-order valence-electron chi connectivity index (χ0n) is 17.6. The van der Waals surface area contributed by atoms with Crippen LogP contribution in [-0.4, -0.2) is 43.9 Å². The molecule has 1 heterocycles. The molecule has 1 N–H and O–H groups in total. The Morgan fingerprint density at radius 3 is 2.53 bits per heavy atom. The summed E-state index contributed by atoms with van der Waals surface area (Å²) in [5.41, 5.74) is -0.231. The van der Waals surface area contributed by atoms with Gasteiger partial charge >= 0.3 is 5.97 Å². The van der Waals surface area contributed by atoms with Gasteiger partial charge in [0.25, 0.3) is 5.91 Å². The summed E-state index contributed by atoms with van der Waals surface area (Å²) in [5.74, 6) is -2.42. The quantitative estimate of drug-likeness (QED) is 0.169. The standard InChI is InChI=1S/C21H15FN4O6S2/c1-31-17-10-12(7-8-16(17)32-19(28)14-5-3-4-6-15(14)22)9-13(11-23)18(27)24-20-25-26-21(33-20)34(2,29)30/h3-10H,1-2H3,(H,24,25,27)/b13-9-. The molecule has 0 saturated carbocycles. The van der Waals surface area contributed by atoms with Crippen molar-refractivity contribution in [3.63, 3.8) is 0 Å². The molecule has 2 aromatic carbocycles. The monoisotopic (exact) mass is 502 g/mol. The number of hydrogen-bond acceptors (Lipinski definition) is 10. The first-order valence-electron chi connectivity index (χ1n) is 9.24. The minimum absolute atomic E-state index is 0.00183. The van der Waals surface area contributed by atoms with E-state index < -0.39 is 27.5 Å². The van der Waals surface area contributed by atoms with Crippen molar-refractivity contribution in [3.8, 4) is 17.6 Å². The number of nitrogens with one attached hydrogen (secondary N) is 1. The molecule has 0 aliphatic carbocycles. The lowest BCUT2D eigenvalue weighted by molar-refractivity contribution is -0.112. The number of sulfone groups is 1. The second-order valence-electron chi connectivity index (χ2n) is 6.55. The molecule has 1 amide bonds. The summed E-state index contributed by atoms with van der Waals surface area (Å²) in [4.78, 5) is 24.7. The SMILES string of the molecule is COc1cc(/C=C(/C#N)C(=O)Nc2nnc(S(C)(=O)=O)s2)ccc1OC(=O)c1ccccc1F. The van der Waals surface area contributed by atoms with E-state index in [9.17, 15) is 27.7 Å². The van der Waals surface area contributed by atoms with Crippen LogP contribution in [0.1, 0.15) is 15.9 Å². The molecule has 3 rings (SSSR count). The van der Waals surface area contributed by atoms with Crippen molar-refractivity contribution < 1.29 is 31.9 Å². The predicted molar refractivity (Wildman–Crippen MR) is 120 cm³/mol. The van der Waals surface area contributed by atoms with E-state index in [0.29, 0.717) is 16.9 Å². The van der Waals surface area contributed by atoms with Crippen molar-refractivity contribution in [2.45, 2.75) is 4.34 Å². The smallest absolute Gasteiger partial charge is 0.346 e. The highest BCUT2D eigenvalue weighted by Gasteiger charge is 2.19. The molecule has 0 fully saturated rings. The Morgan fingerprint density at radius 2 is 1.91 bits per heavy atom. The molecule has 0 radical (unpaired) electrons. The van der Waals surface area contributed by atoms with Crippen LogP contribution in [0, 0.1) is 17.1 Å². The summed E-state index contributed by atoms with van der Waals surface area (Å²) in [6.07, 6.45) is 2.18. The van der Waals surface area contributed by atoms with E-state index in [1.807, 2.05) is 0 Å². The van der Waals surface area contributed by atoms with E-state index in [-0.39, 0.29) is 32.1 Å².